The van der Waals surface area contributed by atoms with Crippen LogP contribution < -0.4 is 31.3 Å². The van der Waals surface area contributed by atoms with Crippen LogP contribution in [0.1, 0.15) is 265 Å². The molecule has 10 aliphatic heterocycles. The fourth-order valence-electron chi connectivity index (χ4n) is 18.2. The molecule has 658 valence electrons. The minimum absolute atomic E-state index is 0.000764. The van der Waals surface area contributed by atoms with Gasteiger partial charge in [0.2, 0.25) is 0 Å². The standard InChI is InChI=1S/C22H27NO2.C21H23NO4.C20H21F2NO2.C20H23NO2.C19H22N2O5/c1-14-5-7-15(8-6-14)19-21-20(24-11-12-25-21)17-13-16(22(2,3)4)9-10-18(17)23-19;1-12(2)14-7-8-18-17(10-14)20-21(25-11-24-20)19(22-18)15-5-4-6-16(9-15)26-13(3)23;1-20(2,3)12-4-5-16-15(8-12)18-19(25-10-24-18)17(23-16)11-6-13(21)9-14(22)7-11;1-3-13(2)15-9-10-17-16(11-15)19-20(23-12-22-19)18(21-17)14-7-5-4-6-8-14;1-19(2,3)11-4-5-13-12(10-11)17-18(25-9-8-24-17)16(20-13)14-6-7-15(26-14)21(22)23/h5-10,13,19-21,23H,11-12H2,1-4H3;4-10,12,19-22H,11H2,1-3H3;4-9,17-19,23H,10H2,1-3H3;4-11,13,18-21H,3,12H2,1-2H3;4-7,10,16-18,20H,8-9H2,1-3H3. The molecule has 125 heavy (non-hydrogen) atoms. The molecule has 0 radical (unpaired) electrons. The number of fused-ring (bicyclic) bond motifs is 15. The molecule has 0 bridgehead atoms. The van der Waals surface area contributed by atoms with Gasteiger partial charge in [-0.2, -0.15) is 0 Å². The van der Waals surface area contributed by atoms with E-state index in [1.807, 2.05) is 36.4 Å². The molecule has 1 aromatic heterocycles. The van der Waals surface area contributed by atoms with Crippen LogP contribution in [0.5, 0.6) is 5.75 Å². The van der Waals surface area contributed by atoms with Gasteiger partial charge in [0.05, 0.1) is 56.7 Å². The molecule has 0 aliphatic carbocycles. The van der Waals surface area contributed by atoms with E-state index in [-0.39, 0.29) is 133 Å². The number of benzene rings is 9. The summed E-state index contributed by atoms with van der Waals surface area (Å²) >= 11 is 0. The smallest absolute Gasteiger partial charge is 0.427 e. The highest BCUT2D eigenvalue weighted by atomic mass is 19.1. The SMILES string of the molecule is CC(=O)Oc1cccc(C2Nc3ccc(C(C)C)cc3C3OCOC23)c1.CC(C)(C)c1ccc2c(c1)C1OCCOC1C(c1ccc([N+](=O)[O-])o1)N2.CC(C)(C)c1ccc2c(c1)C1OCOC1C(c1cc(F)cc(F)c1)N2.CCC(C)c1ccc2c(c1)C1OCOC1C(c1ccccc1)N2.Cc1ccc(C2Nc3ccc(C(C)(C)C)cc3C3OCCOC23)cc1. The summed E-state index contributed by atoms with van der Waals surface area (Å²) < 4.78 is 97.6. The Kier molecular flexibility index (Phi) is 26.0. The van der Waals surface area contributed by atoms with E-state index in [0.29, 0.717) is 62.1 Å². The maximum Gasteiger partial charge on any atom is 0.433 e. The Balaban J connectivity index is 0.000000115. The van der Waals surface area contributed by atoms with Gasteiger partial charge in [-0.05, 0) is 152 Å². The molecular formula is C102H116F2N6O15. The highest BCUT2D eigenvalue weighted by Crippen LogP contribution is 2.53. The molecule has 16 unspecified atom stereocenters. The molecule has 11 heterocycles. The van der Waals surface area contributed by atoms with Crippen LogP contribution in [-0.2, 0) is 68.4 Å². The lowest BCUT2D eigenvalue weighted by molar-refractivity contribution is -0.402. The number of aryl methyl sites for hydroxylation is 1. The van der Waals surface area contributed by atoms with E-state index in [9.17, 15) is 23.7 Å². The molecule has 21 nitrogen and oxygen atoms in total. The lowest BCUT2D eigenvalue weighted by atomic mass is 9.82. The van der Waals surface area contributed by atoms with Gasteiger partial charge in [-0.3, -0.25) is 14.9 Å². The Hall–Kier alpha value is -10.4. The zero-order valence-electron chi connectivity index (χ0n) is 73.9. The highest BCUT2D eigenvalue weighted by molar-refractivity contribution is 5.70. The van der Waals surface area contributed by atoms with E-state index in [1.54, 1.807) is 12.1 Å². The summed E-state index contributed by atoms with van der Waals surface area (Å²) in [5.74, 6) is 0.234. The number of hydrogen-bond donors (Lipinski definition) is 5. The number of halogens is 2. The molecule has 20 rings (SSSR count). The molecule has 0 amide bonds. The highest BCUT2D eigenvalue weighted by Gasteiger charge is 2.49. The van der Waals surface area contributed by atoms with Crippen molar-refractivity contribution in [1.82, 2.24) is 0 Å². The van der Waals surface area contributed by atoms with E-state index in [0.717, 1.165) is 63.2 Å². The number of carbonyl (C=O) groups is 1. The second-order valence-corrected chi connectivity index (χ2v) is 37.3. The quantitative estimate of drug-likeness (QED) is 0.0370. The zero-order chi connectivity index (χ0) is 87.9. The van der Waals surface area contributed by atoms with Crippen LogP contribution in [0.3, 0.4) is 0 Å². The summed E-state index contributed by atoms with van der Waals surface area (Å²) in [6.07, 6.45) is -0.197. The Morgan fingerprint density at radius 2 is 0.816 bits per heavy atom. The van der Waals surface area contributed by atoms with Crippen molar-refractivity contribution in [3.8, 4) is 5.75 Å². The van der Waals surface area contributed by atoms with Crippen LogP contribution in [0.2, 0.25) is 0 Å². The summed E-state index contributed by atoms with van der Waals surface area (Å²) in [5, 5.41) is 28.7. The largest absolute Gasteiger partial charge is 0.433 e. The number of rotatable bonds is 10. The van der Waals surface area contributed by atoms with Crippen LogP contribution in [0.15, 0.2) is 205 Å². The summed E-state index contributed by atoms with van der Waals surface area (Å²) in [6, 6.07) is 65.2. The molecule has 16 atom stereocenters. The van der Waals surface area contributed by atoms with Crippen LogP contribution in [-0.4, -0.2) is 88.2 Å². The first-order chi connectivity index (χ1) is 59.9. The normalized spacial score (nSPS) is 25.3. The van der Waals surface area contributed by atoms with Gasteiger partial charge in [0.1, 0.15) is 116 Å². The number of anilines is 5. The molecule has 10 aromatic rings. The monoisotopic (exact) mass is 1700 g/mol. The Labute approximate surface area is 731 Å². The number of hydrogen-bond acceptors (Lipinski definition) is 20. The van der Waals surface area contributed by atoms with Crippen LogP contribution in [0.4, 0.5) is 43.1 Å². The summed E-state index contributed by atoms with van der Waals surface area (Å²) in [5.41, 5.74) is 22.8. The molecule has 0 spiro atoms. The van der Waals surface area contributed by atoms with Crippen LogP contribution >= 0.6 is 0 Å². The minimum Gasteiger partial charge on any atom is -0.427 e. The Morgan fingerprint density at radius 1 is 0.424 bits per heavy atom. The molecule has 0 saturated carbocycles. The number of ether oxygens (including phenoxy) is 11. The first-order valence-corrected chi connectivity index (χ1v) is 43.7. The lowest BCUT2D eigenvalue weighted by Crippen LogP contribution is -2.43. The lowest BCUT2D eigenvalue weighted by Gasteiger charge is -2.43. The van der Waals surface area contributed by atoms with Gasteiger partial charge < -0.3 is 83.1 Å². The van der Waals surface area contributed by atoms with Crippen molar-refractivity contribution in [2.24, 2.45) is 0 Å². The van der Waals surface area contributed by atoms with Gasteiger partial charge in [0.15, 0.2) is 0 Å². The second-order valence-electron chi connectivity index (χ2n) is 37.3. The number of nitro groups is 1. The minimum atomic E-state index is -0.596. The Morgan fingerprint density at radius 3 is 1.26 bits per heavy atom. The zero-order valence-corrected chi connectivity index (χ0v) is 73.9. The summed E-state index contributed by atoms with van der Waals surface area (Å²) in [6.45, 7) is 35.2. The van der Waals surface area contributed by atoms with Gasteiger partial charge >= 0.3 is 11.9 Å². The van der Waals surface area contributed by atoms with Crippen molar-refractivity contribution in [1.29, 1.82) is 0 Å². The number of carbonyl (C=O) groups excluding carboxylic acids is 1. The predicted octanol–water partition coefficient (Wildman–Crippen LogP) is 23.0. The average molecular weight is 1700 g/mol. The van der Waals surface area contributed by atoms with Crippen molar-refractivity contribution >= 4 is 40.3 Å². The summed E-state index contributed by atoms with van der Waals surface area (Å²) in [7, 11) is 0. The predicted molar refractivity (Wildman–Crippen MR) is 478 cm³/mol. The maximum atomic E-state index is 13.7. The molecule has 5 fully saturated rings. The van der Waals surface area contributed by atoms with E-state index in [1.165, 1.54) is 80.8 Å². The van der Waals surface area contributed by atoms with E-state index >= 15 is 0 Å². The van der Waals surface area contributed by atoms with Crippen LogP contribution in [0.25, 0.3) is 0 Å². The topological polar surface area (TPSA) is 235 Å². The maximum absolute atomic E-state index is 13.7. The summed E-state index contributed by atoms with van der Waals surface area (Å²) in [4.78, 5) is 21.7. The van der Waals surface area contributed by atoms with Crippen molar-refractivity contribution in [3.05, 3.63) is 311 Å². The second kappa shape index (κ2) is 36.9. The molecule has 10 aliphatic rings. The van der Waals surface area contributed by atoms with E-state index < -0.39 is 16.6 Å². The number of nitrogens with zero attached hydrogens (tertiary/aromatic N) is 1. The third-order valence-electron chi connectivity index (χ3n) is 25.3. The van der Waals surface area contributed by atoms with Gasteiger partial charge in [-0.1, -0.05) is 223 Å². The van der Waals surface area contributed by atoms with Crippen molar-refractivity contribution in [3.63, 3.8) is 0 Å². The van der Waals surface area contributed by atoms with Crippen molar-refractivity contribution in [2.75, 3.05) is 73.4 Å². The van der Waals surface area contributed by atoms with Gasteiger partial charge in [-0.25, -0.2) is 8.78 Å². The fourth-order valence-corrected chi connectivity index (χ4v) is 18.2. The van der Waals surface area contributed by atoms with Crippen LogP contribution in [0, 0.1) is 28.7 Å². The first-order valence-electron chi connectivity index (χ1n) is 43.7. The van der Waals surface area contributed by atoms with E-state index in [2.05, 4.69) is 251 Å². The van der Waals surface area contributed by atoms with Crippen molar-refractivity contribution in [2.45, 2.75) is 230 Å². The van der Waals surface area contributed by atoms with Crippen molar-refractivity contribution < 1.29 is 75.0 Å². The molecule has 9 aromatic carbocycles. The van der Waals surface area contributed by atoms with E-state index in [4.69, 9.17) is 56.5 Å². The molecule has 5 saturated heterocycles. The Bertz CT molecular complexity index is 5470. The van der Waals surface area contributed by atoms with Gasteiger partial charge in [-0.15, -0.1) is 0 Å². The molecular weight excluding hydrogens is 1590 g/mol. The average Bonchev–Trinajstić information content (AvgIpc) is 1.33. The number of furan rings is 1. The number of esters is 1. The number of nitrogens with one attached hydrogen (secondary N) is 5. The van der Waals surface area contributed by atoms with Gasteiger partial charge in [0.25, 0.3) is 0 Å². The molecule has 5 N–H and O–H groups in total. The van der Waals surface area contributed by atoms with Gasteiger partial charge in [0, 0.05) is 69.2 Å². The third-order valence-corrected chi connectivity index (χ3v) is 25.3. The molecule has 23 heteroatoms. The third kappa shape index (κ3) is 19.2. The fraction of sp³-hybridized carbons (Fsp3) is 0.422. The first kappa shape index (κ1) is 88.0.